The van der Waals surface area contributed by atoms with Crippen LogP contribution >= 0.6 is 0 Å². The summed E-state index contributed by atoms with van der Waals surface area (Å²) in [5, 5.41) is 8.94. The molecule has 0 aromatic rings. The molecule has 0 spiro atoms. The van der Waals surface area contributed by atoms with E-state index in [0.717, 1.165) is 19.1 Å². The molecule has 0 aromatic heterocycles. The largest absolute Gasteiger partial charge is 0.481 e. The van der Waals surface area contributed by atoms with Crippen molar-refractivity contribution >= 4 is 21.5 Å². The van der Waals surface area contributed by atoms with E-state index in [1.165, 1.54) is 6.92 Å². The van der Waals surface area contributed by atoms with E-state index < -0.39 is 27.4 Å². The summed E-state index contributed by atoms with van der Waals surface area (Å²) in [6.07, 6.45) is -0.308. The molecule has 1 rings (SSSR count). The average Bonchev–Trinajstić information content (AvgIpc) is 2.43. The lowest BCUT2D eigenvalue weighted by atomic mass is 9.87. The molecule has 132 valence electrons. The highest BCUT2D eigenvalue weighted by Crippen LogP contribution is 2.26. The number of hydrogen-bond donors (Lipinski definition) is 2. The fourth-order valence-electron chi connectivity index (χ4n) is 2.27. The van der Waals surface area contributed by atoms with E-state index in [-0.39, 0.29) is 16.9 Å². The van der Waals surface area contributed by atoms with Gasteiger partial charge in [0.15, 0.2) is 0 Å². The Kier molecular flexibility index (Phi) is 6.47. The quantitative estimate of drug-likeness (QED) is 0.589. The molecule has 1 atom stereocenters. The zero-order valence-corrected chi connectivity index (χ0v) is 14.0. The van der Waals surface area contributed by atoms with Crippen LogP contribution in [0.2, 0.25) is 0 Å². The maximum absolute atomic E-state index is 12.5. The van der Waals surface area contributed by atoms with Gasteiger partial charge in [-0.3, -0.25) is 4.79 Å². The van der Waals surface area contributed by atoms with Crippen LogP contribution in [0.5, 0.6) is 0 Å². The van der Waals surface area contributed by atoms with Crippen LogP contribution in [-0.4, -0.2) is 33.4 Å². The molecule has 1 saturated carbocycles. The average molecular weight is 353 g/mol. The number of nitrogens with one attached hydrogen (secondary N) is 1. The molecular formula is C15H22F3NO3S. The lowest BCUT2D eigenvalue weighted by molar-refractivity contribution is -0.142. The van der Waals surface area contributed by atoms with Crippen molar-refractivity contribution in [3.63, 3.8) is 0 Å². The molecule has 4 nitrogen and oxygen atoms in total. The van der Waals surface area contributed by atoms with Crippen LogP contribution in [0.25, 0.3) is 0 Å². The molecular weight excluding hydrogens is 331 g/mol. The molecule has 0 aromatic carbocycles. The molecule has 1 aliphatic carbocycles. The van der Waals surface area contributed by atoms with E-state index >= 15 is 0 Å². The Bertz CT molecular complexity index is 598. The van der Waals surface area contributed by atoms with Crippen molar-refractivity contribution < 1.29 is 27.3 Å². The van der Waals surface area contributed by atoms with Gasteiger partial charge in [0.1, 0.15) is 0 Å². The van der Waals surface area contributed by atoms with Crippen LogP contribution in [0.3, 0.4) is 0 Å². The predicted molar refractivity (Wildman–Crippen MR) is 85.3 cm³/mol. The zero-order valence-electron chi connectivity index (χ0n) is 13.2. The molecule has 0 aliphatic heterocycles. The molecule has 0 heterocycles. The van der Waals surface area contributed by atoms with Gasteiger partial charge in [-0.25, -0.2) is 8.93 Å². The van der Waals surface area contributed by atoms with Gasteiger partial charge in [0.2, 0.25) is 0 Å². The maximum atomic E-state index is 12.5. The number of carboxylic acids is 1. The van der Waals surface area contributed by atoms with Crippen LogP contribution in [-0.2, 0) is 14.5 Å². The fraction of sp³-hybridized carbons (Fsp3) is 0.600. The minimum absolute atomic E-state index is 0.147. The smallest absolute Gasteiger partial charge is 0.412 e. The first kappa shape index (κ1) is 19.8. The third-order valence-corrected chi connectivity index (χ3v) is 5.86. The van der Waals surface area contributed by atoms with E-state index in [9.17, 15) is 22.2 Å². The van der Waals surface area contributed by atoms with Gasteiger partial charge < -0.3 is 5.11 Å². The summed E-state index contributed by atoms with van der Waals surface area (Å²) in [6.45, 7) is 2.40. The van der Waals surface area contributed by atoms with Crippen molar-refractivity contribution in [3.8, 4) is 0 Å². The van der Waals surface area contributed by atoms with Crippen LogP contribution in [0, 0.1) is 5.92 Å². The van der Waals surface area contributed by atoms with Gasteiger partial charge in [-0.15, -0.1) is 0 Å². The number of allylic oxidation sites excluding steroid dienone is 4. The standard InChI is InChI=1S/C15H22F3NO3S/c1-10(15(16,17)18)4-5-11(2)23(3,22)19-13-8-6-12(7-9-13)14(20)21/h4-5,12-13H,3,6-9H2,1-2H3,(H,19,22)(H,20,21)/b10-4+,11-5+/t12-,13+,23?. The highest BCUT2D eigenvalue weighted by Gasteiger charge is 2.29. The molecule has 1 fully saturated rings. The van der Waals surface area contributed by atoms with Crippen LogP contribution in [0.15, 0.2) is 22.6 Å². The molecule has 0 amide bonds. The Balaban J connectivity index is 2.71. The number of halogens is 3. The second kappa shape index (κ2) is 7.53. The van der Waals surface area contributed by atoms with Gasteiger partial charge in [-0.05, 0) is 51.5 Å². The molecule has 1 aliphatic rings. The molecule has 23 heavy (non-hydrogen) atoms. The highest BCUT2D eigenvalue weighted by atomic mass is 32.2. The van der Waals surface area contributed by atoms with Crippen LogP contribution in [0.1, 0.15) is 39.5 Å². The molecule has 0 bridgehead atoms. The SMILES string of the molecule is C=S(=O)(N[C@H]1CC[C@@H](C(=O)O)CC1)/C(C)=C/C=C(\C)C(F)(F)F. The summed E-state index contributed by atoms with van der Waals surface area (Å²) >= 11 is 0. The Hall–Kier alpha value is -1.28. The summed E-state index contributed by atoms with van der Waals surface area (Å²) < 4.78 is 52.6. The first-order chi connectivity index (χ1) is 10.4. The van der Waals surface area contributed by atoms with Crippen molar-refractivity contribution in [1.29, 1.82) is 0 Å². The maximum Gasteiger partial charge on any atom is 0.412 e. The summed E-state index contributed by atoms with van der Waals surface area (Å²) in [4.78, 5) is 11.1. The number of rotatable bonds is 5. The van der Waals surface area contributed by atoms with Gasteiger partial charge >= 0.3 is 12.1 Å². The third kappa shape index (κ3) is 6.02. The Morgan fingerprint density at radius 3 is 2.17 bits per heavy atom. The van der Waals surface area contributed by atoms with Gasteiger partial charge in [-0.1, -0.05) is 6.08 Å². The van der Waals surface area contributed by atoms with E-state index in [1.807, 2.05) is 0 Å². The summed E-state index contributed by atoms with van der Waals surface area (Å²) in [5.74, 6) is 2.36. The molecule has 0 saturated heterocycles. The second-order valence-corrected chi connectivity index (χ2v) is 8.03. The van der Waals surface area contributed by atoms with Crippen molar-refractivity contribution in [2.45, 2.75) is 51.7 Å². The minimum Gasteiger partial charge on any atom is -0.481 e. The van der Waals surface area contributed by atoms with Crippen LogP contribution in [0.4, 0.5) is 13.2 Å². The van der Waals surface area contributed by atoms with Crippen molar-refractivity contribution in [3.05, 3.63) is 22.6 Å². The first-order valence-corrected chi connectivity index (χ1v) is 8.96. The summed E-state index contributed by atoms with van der Waals surface area (Å²) in [6, 6.07) is -0.147. The van der Waals surface area contributed by atoms with Crippen molar-refractivity contribution in [2.75, 3.05) is 0 Å². The van der Waals surface area contributed by atoms with Gasteiger partial charge in [0, 0.05) is 26.2 Å². The highest BCUT2D eigenvalue weighted by molar-refractivity contribution is 8.02. The predicted octanol–water partition coefficient (Wildman–Crippen LogP) is 3.26. The molecule has 1 unspecified atom stereocenters. The third-order valence-electron chi connectivity index (χ3n) is 3.97. The van der Waals surface area contributed by atoms with E-state index in [4.69, 9.17) is 5.11 Å². The molecule has 8 heteroatoms. The Morgan fingerprint density at radius 1 is 1.22 bits per heavy atom. The van der Waals surface area contributed by atoms with Crippen LogP contribution < -0.4 is 4.72 Å². The van der Waals surface area contributed by atoms with E-state index in [0.29, 0.717) is 25.7 Å². The van der Waals surface area contributed by atoms with Gasteiger partial charge in [0.25, 0.3) is 0 Å². The zero-order chi connectivity index (χ0) is 17.8. The Morgan fingerprint density at radius 2 is 1.74 bits per heavy atom. The normalized spacial score (nSPS) is 26.7. The first-order valence-electron chi connectivity index (χ1n) is 7.23. The monoisotopic (exact) mass is 353 g/mol. The fourth-order valence-corrected chi connectivity index (χ4v) is 3.52. The van der Waals surface area contributed by atoms with E-state index in [1.54, 1.807) is 0 Å². The number of carboxylic acid groups (broad SMARTS) is 1. The second-order valence-electron chi connectivity index (χ2n) is 5.80. The summed E-state index contributed by atoms with van der Waals surface area (Å²) in [5.41, 5.74) is -0.783. The lowest BCUT2D eigenvalue weighted by Crippen LogP contribution is -2.38. The number of aliphatic carboxylic acids is 1. The minimum atomic E-state index is -4.42. The number of alkyl halides is 3. The topological polar surface area (TPSA) is 66.4 Å². The van der Waals surface area contributed by atoms with Gasteiger partial charge in [0.05, 0.1) is 5.92 Å². The summed E-state index contributed by atoms with van der Waals surface area (Å²) in [7, 11) is -2.89. The van der Waals surface area contributed by atoms with E-state index in [2.05, 4.69) is 10.6 Å². The number of hydrogen-bond acceptors (Lipinski definition) is 2. The lowest BCUT2D eigenvalue weighted by Gasteiger charge is -2.28. The van der Waals surface area contributed by atoms with Gasteiger partial charge in [-0.2, -0.15) is 13.2 Å². The van der Waals surface area contributed by atoms with Crippen molar-refractivity contribution in [1.82, 2.24) is 4.72 Å². The Labute approximate surface area is 134 Å². The molecule has 2 N–H and O–H groups in total. The number of carbonyl (C=O) groups is 1. The van der Waals surface area contributed by atoms with Crippen molar-refractivity contribution in [2.24, 2.45) is 5.92 Å². The molecule has 0 radical (unpaired) electrons.